The Morgan fingerprint density at radius 1 is 1.18 bits per heavy atom. The molecule has 22 heavy (non-hydrogen) atoms. The van der Waals surface area contributed by atoms with E-state index in [4.69, 9.17) is 9.15 Å². The van der Waals surface area contributed by atoms with E-state index in [0.717, 1.165) is 16.7 Å². The number of nitrogens with zero attached hydrogens (tertiary/aromatic N) is 2. The fraction of sp³-hybridized carbons (Fsp3) is 0.235. The molecule has 0 spiro atoms. The van der Waals surface area contributed by atoms with Gasteiger partial charge in [0, 0.05) is 6.54 Å². The van der Waals surface area contributed by atoms with Crippen LogP contribution in [0, 0.1) is 5.82 Å². The summed E-state index contributed by atoms with van der Waals surface area (Å²) in [7, 11) is 3.40. The van der Waals surface area contributed by atoms with Gasteiger partial charge in [0.15, 0.2) is 17.1 Å². The number of rotatable bonds is 5. The first kappa shape index (κ1) is 14.5. The van der Waals surface area contributed by atoms with Gasteiger partial charge in [0.25, 0.3) is 0 Å². The van der Waals surface area contributed by atoms with E-state index in [0.29, 0.717) is 19.0 Å². The molecule has 0 aliphatic heterocycles. The lowest BCUT2D eigenvalue weighted by Gasteiger charge is -2.15. The summed E-state index contributed by atoms with van der Waals surface area (Å²) < 4.78 is 24.3. The summed E-state index contributed by atoms with van der Waals surface area (Å²) in [4.78, 5) is 6.46. The number of ether oxygens (including phenoxy) is 1. The Bertz CT molecular complexity index is 752. The summed E-state index contributed by atoms with van der Waals surface area (Å²) in [5.41, 5.74) is 2.50. The standard InChI is InChI=1S/C17H17FN2O2/c1-20(10-12-7-8-15(21-2)13(18)9-12)11-17-19-14-5-3-4-6-16(14)22-17/h3-9H,10-11H2,1-2H3. The molecular formula is C17H17FN2O2. The lowest BCUT2D eigenvalue weighted by atomic mass is 10.2. The van der Waals surface area contributed by atoms with Crippen LogP contribution in [0.1, 0.15) is 11.5 Å². The molecule has 4 nitrogen and oxygen atoms in total. The topological polar surface area (TPSA) is 38.5 Å². The maximum Gasteiger partial charge on any atom is 0.209 e. The Labute approximate surface area is 128 Å². The number of benzene rings is 2. The third kappa shape index (κ3) is 3.09. The Kier molecular flexibility index (Phi) is 4.06. The highest BCUT2D eigenvalue weighted by Gasteiger charge is 2.10. The lowest BCUT2D eigenvalue weighted by Crippen LogP contribution is -2.17. The third-order valence-corrected chi connectivity index (χ3v) is 3.41. The molecule has 1 aromatic heterocycles. The SMILES string of the molecule is COc1ccc(CN(C)Cc2nc3ccccc3o2)cc1F. The summed E-state index contributed by atoms with van der Waals surface area (Å²) >= 11 is 0. The number of methoxy groups -OCH3 is 1. The van der Waals surface area contributed by atoms with E-state index in [9.17, 15) is 4.39 Å². The maximum atomic E-state index is 13.7. The molecule has 0 atom stereocenters. The highest BCUT2D eigenvalue weighted by Crippen LogP contribution is 2.20. The quantitative estimate of drug-likeness (QED) is 0.721. The highest BCUT2D eigenvalue weighted by atomic mass is 19.1. The van der Waals surface area contributed by atoms with Gasteiger partial charge in [-0.25, -0.2) is 9.37 Å². The number of oxazole rings is 1. The van der Waals surface area contributed by atoms with E-state index >= 15 is 0 Å². The molecule has 114 valence electrons. The monoisotopic (exact) mass is 300 g/mol. The van der Waals surface area contributed by atoms with Crippen LogP contribution in [0.2, 0.25) is 0 Å². The number of aromatic nitrogens is 1. The molecule has 0 radical (unpaired) electrons. The van der Waals surface area contributed by atoms with Crippen molar-refractivity contribution in [1.29, 1.82) is 0 Å². The molecule has 3 rings (SSSR count). The van der Waals surface area contributed by atoms with Gasteiger partial charge in [-0.15, -0.1) is 0 Å². The van der Waals surface area contributed by atoms with Crippen LogP contribution >= 0.6 is 0 Å². The Hall–Kier alpha value is -2.40. The summed E-state index contributed by atoms with van der Waals surface area (Å²) in [6, 6.07) is 12.6. The van der Waals surface area contributed by atoms with Crippen molar-refractivity contribution in [2.75, 3.05) is 14.2 Å². The molecule has 0 aliphatic carbocycles. The van der Waals surface area contributed by atoms with Gasteiger partial charge in [-0.1, -0.05) is 18.2 Å². The van der Waals surface area contributed by atoms with Crippen LogP contribution in [0.4, 0.5) is 4.39 Å². The molecule has 0 fully saturated rings. The first-order valence-corrected chi connectivity index (χ1v) is 7.01. The van der Waals surface area contributed by atoms with E-state index in [1.165, 1.54) is 13.2 Å². The molecule has 2 aromatic carbocycles. The summed E-state index contributed by atoms with van der Waals surface area (Å²) in [5.74, 6) is 0.554. The van der Waals surface area contributed by atoms with Gasteiger partial charge in [-0.3, -0.25) is 4.90 Å². The minimum atomic E-state index is -0.352. The van der Waals surface area contributed by atoms with Crippen molar-refractivity contribution in [3.8, 4) is 5.75 Å². The van der Waals surface area contributed by atoms with Gasteiger partial charge in [0.1, 0.15) is 5.52 Å². The summed E-state index contributed by atoms with van der Waals surface area (Å²) in [6.07, 6.45) is 0. The molecule has 0 aliphatic rings. The van der Waals surface area contributed by atoms with Gasteiger partial charge < -0.3 is 9.15 Å². The minimum Gasteiger partial charge on any atom is -0.494 e. The van der Waals surface area contributed by atoms with Crippen LogP contribution in [0.5, 0.6) is 5.75 Å². The zero-order chi connectivity index (χ0) is 15.5. The zero-order valence-corrected chi connectivity index (χ0v) is 12.5. The fourth-order valence-corrected chi connectivity index (χ4v) is 2.39. The predicted octanol–water partition coefficient (Wildman–Crippen LogP) is 3.61. The Balaban J connectivity index is 1.69. The van der Waals surface area contributed by atoms with E-state index in [1.807, 2.05) is 42.3 Å². The highest BCUT2D eigenvalue weighted by molar-refractivity contribution is 5.72. The first-order chi connectivity index (χ1) is 10.7. The minimum absolute atomic E-state index is 0.255. The molecule has 0 amide bonds. The van der Waals surface area contributed by atoms with Crippen molar-refractivity contribution in [2.24, 2.45) is 0 Å². The molecule has 0 N–H and O–H groups in total. The molecule has 0 saturated carbocycles. The van der Waals surface area contributed by atoms with Crippen molar-refractivity contribution in [3.63, 3.8) is 0 Å². The second-order valence-corrected chi connectivity index (χ2v) is 5.22. The fourth-order valence-electron chi connectivity index (χ4n) is 2.39. The van der Waals surface area contributed by atoms with E-state index in [1.54, 1.807) is 6.07 Å². The molecule has 0 saturated heterocycles. The van der Waals surface area contributed by atoms with Crippen LogP contribution in [-0.4, -0.2) is 24.0 Å². The zero-order valence-electron chi connectivity index (χ0n) is 12.5. The van der Waals surface area contributed by atoms with Crippen LogP contribution in [0.15, 0.2) is 46.9 Å². The number of halogens is 1. The normalized spacial score (nSPS) is 11.3. The third-order valence-electron chi connectivity index (χ3n) is 3.41. The Morgan fingerprint density at radius 2 is 2.00 bits per heavy atom. The maximum absolute atomic E-state index is 13.7. The summed E-state index contributed by atoms with van der Waals surface area (Å²) in [5, 5.41) is 0. The molecule has 3 aromatic rings. The average molecular weight is 300 g/mol. The Morgan fingerprint density at radius 3 is 2.73 bits per heavy atom. The van der Waals surface area contributed by atoms with Crippen LogP contribution in [-0.2, 0) is 13.1 Å². The molecule has 0 bridgehead atoms. The van der Waals surface area contributed by atoms with Gasteiger partial charge in [-0.05, 0) is 36.9 Å². The van der Waals surface area contributed by atoms with Crippen molar-refractivity contribution < 1.29 is 13.5 Å². The number of hydrogen-bond donors (Lipinski definition) is 0. The van der Waals surface area contributed by atoms with Gasteiger partial charge in [0.05, 0.1) is 13.7 Å². The second-order valence-electron chi connectivity index (χ2n) is 5.22. The molecule has 5 heteroatoms. The number of fused-ring (bicyclic) bond motifs is 1. The average Bonchev–Trinajstić information content (AvgIpc) is 2.89. The second kappa shape index (κ2) is 6.15. The van der Waals surface area contributed by atoms with Crippen molar-refractivity contribution in [1.82, 2.24) is 9.88 Å². The van der Waals surface area contributed by atoms with E-state index in [-0.39, 0.29) is 11.6 Å². The predicted molar refractivity (Wildman–Crippen MR) is 82.1 cm³/mol. The molecule has 1 heterocycles. The number of para-hydroxylation sites is 2. The van der Waals surface area contributed by atoms with Crippen molar-refractivity contribution >= 4 is 11.1 Å². The van der Waals surface area contributed by atoms with Crippen molar-refractivity contribution in [3.05, 3.63) is 59.7 Å². The molecular weight excluding hydrogens is 283 g/mol. The van der Waals surface area contributed by atoms with Gasteiger partial charge >= 0.3 is 0 Å². The summed E-state index contributed by atoms with van der Waals surface area (Å²) in [6.45, 7) is 1.15. The van der Waals surface area contributed by atoms with E-state index < -0.39 is 0 Å². The van der Waals surface area contributed by atoms with Crippen LogP contribution < -0.4 is 4.74 Å². The first-order valence-electron chi connectivity index (χ1n) is 7.01. The van der Waals surface area contributed by atoms with Gasteiger partial charge in [0.2, 0.25) is 5.89 Å². The van der Waals surface area contributed by atoms with Crippen molar-refractivity contribution in [2.45, 2.75) is 13.1 Å². The largest absolute Gasteiger partial charge is 0.494 e. The molecule has 0 unspecified atom stereocenters. The number of hydrogen-bond acceptors (Lipinski definition) is 4. The van der Waals surface area contributed by atoms with E-state index in [2.05, 4.69) is 4.98 Å². The smallest absolute Gasteiger partial charge is 0.209 e. The van der Waals surface area contributed by atoms with Gasteiger partial charge in [-0.2, -0.15) is 0 Å². The van der Waals surface area contributed by atoms with Crippen LogP contribution in [0.3, 0.4) is 0 Å². The van der Waals surface area contributed by atoms with Crippen LogP contribution in [0.25, 0.3) is 11.1 Å². The lowest BCUT2D eigenvalue weighted by molar-refractivity contribution is 0.284.